The lowest BCUT2D eigenvalue weighted by Crippen LogP contribution is -2.54. The molecule has 5 rings (SSSR count). The molecule has 0 aliphatic carbocycles. The molecular weight excluding hydrogens is 544 g/mol. The molecule has 41 heavy (non-hydrogen) atoms. The molecule has 8 nitrogen and oxygen atoms in total. The van der Waals surface area contributed by atoms with E-state index in [2.05, 4.69) is 5.32 Å². The van der Waals surface area contributed by atoms with E-state index in [9.17, 15) is 14.4 Å². The first kappa shape index (κ1) is 27.5. The van der Waals surface area contributed by atoms with Gasteiger partial charge in [-0.1, -0.05) is 66.2 Å². The van der Waals surface area contributed by atoms with E-state index < -0.39 is 17.8 Å². The van der Waals surface area contributed by atoms with Crippen molar-refractivity contribution < 1.29 is 28.6 Å². The molecule has 0 spiro atoms. The van der Waals surface area contributed by atoms with Crippen molar-refractivity contribution in [2.24, 2.45) is 0 Å². The highest BCUT2D eigenvalue weighted by atomic mass is 35.5. The smallest absolute Gasteiger partial charge is 0.335 e. The van der Waals surface area contributed by atoms with Crippen molar-refractivity contribution in [3.63, 3.8) is 0 Å². The van der Waals surface area contributed by atoms with Crippen LogP contribution in [-0.4, -0.2) is 25.0 Å². The molecule has 1 saturated heterocycles. The Morgan fingerprint density at radius 2 is 1.54 bits per heavy atom. The van der Waals surface area contributed by atoms with Gasteiger partial charge in [-0.15, -0.1) is 0 Å². The summed E-state index contributed by atoms with van der Waals surface area (Å²) in [5, 5.41) is 2.82. The number of nitrogens with one attached hydrogen (secondary N) is 1. The molecule has 0 saturated carbocycles. The van der Waals surface area contributed by atoms with Gasteiger partial charge in [-0.3, -0.25) is 14.9 Å². The van der Waals surface area contributed by atoms with Crippen LogP contribution in [-0.2, 0) is 22.8 Å². The fraction of sp³-hybridized carbons (Fsp3) is 0.0938. The number of benzene rings is 4. The predicted octanol–water partition coefficient (Wildman–Crippen LogP) is 6.17. The minimum atomic E-state index is -0.843. The molecule has 9 heteroatoms. The van der Waals surface area contributed by atoms with Gasteiger partial charge in [0, 0.05) is 10.6 Å². The van der Waals surface area contributed by atoms with Crippen molar-refractivity contribution in [3.8, 4) is 17.2 Å². The number of carbonyl (C=O) groups excluding carboxylic acids is 3. The van der Waals surface area contributed by atoms with E-state index in [-0.39, 0.29) is 17.9 Å². The molecule has 4 aromatic rings. The molecule has 206 valence electrons. The molecule has 0 atom stereocenters. The Labute approximate surface area is 241 Å². The lowest BCUT2D eigenvalue weighted by molar-refractivity contribution is -0.122. The van der Waals surface area contributed by atoms with Gasteiger partial charge in [0.05, 0.1) is 12.8 Å². The van der Waals surface area contributed by atoms with Gasteiger partial charge in [-0.25, -0.2) is 9.69 Å². The topological polar surface area (TPSA) is 94.2 Å². The monoisotopic (exact) mass is 568 g/mol. The normalized spacial score (nSPS) is 14.1. The molecule has 0 bridgehead atoms. The van der Waals surface area contributed by atoms with Crippen LogP contribution in [0.1, 0.15) is 16.7 Å². The van der Waals surface area contributed by atoms with Gasteiger partial charge in [0.25, 0.3) is 11.8 Å². The van der Waals surface area contributed by atoms with Crippen LogP contribution in [0.25, 0.3) is 6.08 Å². The summed E-state index contributed by atoms with van der Waals surface area (Å²) >= 11 is 6.18. The van der Waals surface area contributed by atoms with E-state index in [0.29, 0.717) is 34.4 Å². The van der Waals surface area contributed by atoms with Crippen LogP contribution in [0.3, 0.4) is 0 Å². The molecule has 0 aromatic heterocycles. The maximum atomic E-state index is 13.3. The first-order valence-corrected chi connectivity index (χ1v) is 13.0. The molecule has 0 unspecified atom stereocenters. The third-order valence-corrected chi connectivity index (χ3v) is 6.65. The highest BCUT2D eigenvalue weighted by Gasteiger charge is 2.36. The maximum absolute atomic E-state index is 13.3. The average Bonchev–Trinajstić information content (AvgIpc) is 2.99. The number of barbiturate groups is 1. The van der Waals surface area contributed by atoms with Gasteiger partial charge in [-0.05, 0) is 59.7 Å². The summed E-state index contributed by atoms with van der Waals surface area (Å²) in [5.41, 5.74) is 2.41. The minimum Gasteiger partial charge on any atom is -0.493 e. The van der Waals surface area contributed by atoms with Crippen LogP contribution in [0.5, 0.6) is 17.2 Å². The van der Waals surface area contributed by atoms with Gasteiger partial charge in [0.15, 0.2) is 11.5 Å². The van der Waals surface area contributed by atoms with Gasteiger partial charge in [-0.2, -0.15) is 0 Å². The highest BCUT2D eigenvalue weighted by molar-refractivity contribution is 6.39. The van der Waals surface area contributed by atoms with Crippen molar-refractivity contribution in [1.29, 1.82) is 0 Å². The number of urea groups is 1. The second-order valence-corrected chi connectivity index (χ2v) is 9.42. The number of nitrogens with zero attached hydrogens (tertiary/aromatic N) is 1. The summed E-state index contributed by atoms with van der Waals surface area (Å²) in [7, 11) is 1.50. The van der Waals surface area contributed by atoms with Gasteiger partial charge in [0.1, 0.15) is 24.5 Å². The van der Waals surface area contributed by atoms with Crippen molar-refractivity contribution in [2.75, 3.05) is 12.0 Å². The lowest BCUT2D eigenvalue weighted by atomic mass is 10.1. The SMILES string of the molecule is COc1cc(/C=C2\C(=O)NC(=O)N(c3ccc(OCc4ccccc4Cl)cc3)C2=O)ccc1OCc1ccccc1. The molecule has 0 radical (unpaired) electrons. The largest absolute Gasteiger partial charge is 0.493 e. The van der Waals surface area contributed by atoms with E-state index in [1.165, 1.54) is 13.2 Å². The Balaban J connectivity index is 1.32. The summed E-state index contributed by atoms with van der Waals surface area (Å²) in [5.74, 6) is -0.0935. The van der Waals surface area contributed by atoms with E-state index in [1.807, 2.05) is 48.5 Å². The van der Waals surface area contributed by atoms with E-state index in [4.69, 9.17) is 25.8 Å². The third-order valence-electron chi connectivity index (χ3n) is 6.28. The van der Waals surface area contributed by atoms with Crippen LogP contribution < -0.4 is 24.4 Å². The molecule has 1 N–H and O–H groups in total. The van der Waals surface area contributed by atoms with Crippen LogP contribution in [0.2, 0.25) is 5.02 Å². The summed E-state index contributed by atoms with van der Waals surface area (Å²) in [6.07, 6.45) is 1.40. The van der Waals surface area contributed by atoms with Crippen molar-refractivity contribution in [1.82, 2.24) is 5.32 Å². The number of anilines is 1. The number of carbonyl (C=O) groups is 3. The van der Waals surface area contributed by atoms with E-state index in [1.54, 1.807) is 48.5 Å². The molecule has 4 amide bonds. The summed E-state index contributed by atoms with van der Waals surface area (Å²) < 4.78 is 17.1. The highest BCUT2D eigenvalue weighted by Crippen LogP contribution is 2.31. The number of ether oxygens (including phenoxy) is 3. The summed E-state index contributed by atoms with van der Waals surface area (Å²) in [6.45, 7) is 0.600. The molecule has 4 aromatic carbocycles. The molecular formula is C32H25ClN2O6. The van der Waals surface area contributed by atoms with Crippen molar-refractivity contribution >= 4 is 41.2 Å². The van der Waals surface area contributed by atoms with Crippen LogP contribution in [0.15, 0.2) is 103 Å². The first-order valence-electron chi connectivity index (χ1n) is 12.7. The van der Waals surface area contributed by atoms with Gasteiger partial charge >= 0.3 is 6.03 Å². The third kappa shape index (κ3) is 6.40. The zero-order chi connectivity index (χ0) is 28.8. The first-order chi connectivity index (χ1) is 19.9. The minimum absolute atomic E-state index is 0.205. The Morgan fingerprint density at radius 1 is 0.805 bits per heavy atom. The Morgan fingerprint density at radius 3 is 2.27 bits per heavy atom. The Bertz CT molecular complexity index is 1620. The Hall–Kier alpha value is -5.08. The van der Waals surface area contributed by atoms with Crippen molar-refractivity contribution in [2.45, 2.75) is 13.2 Å². The number of hydrogen-bond acceptors (Lipinski definition) is 6. The molecule has 1 heterocycles. The van der Waals surface area contributed by atoms with Crippen LogP contribution in [0.4, 0.5) is 10.5 Å². The quantitative estimate of drug-likeness (QED) is 0.192. The van der Waals surface area contributed by atoms with Gasteiger partial charge < -0.3 is 14.2 Å². The second kappa shape index (κ2) is 12.4. The number of rotatable bonds is 9. The van der Waals surface area contributed by atoms with Crippen LogP contribution in [0, 0.1) is 0 Å². The second-order valence-electron chi connectivity index (χ2n) is 9.02. The number of amides is 4. The fourth-order valence-corrected chi connectivity index (χ4v) is 4.35. The Kier molecular flexibility index (Phi) is 8.31. The molecule has 1 fully saturated rings. The average molecular weight is 569 g/mol. The van der Waals surface area contributed by atoms with Gasteiger partial charge in [0.2, 0.25) is 0 Å². The van der Waals surface area contributed by atoms with Crippen molar-refractivity contribution in [3.05, 3.63) is 124 Å². The number of hydrogen-bond donors (Lipinski definition) is 1. The lowest BCUT2D eigenvalue weighted by Gasteiger charge is -2.26. The molecule has 1 aliphatic heterocycles. The zero-order valence-corrected chi connectivity index (χ0v) is 22.8. The predicted molar refractivity (Wildman–Crippen MR) is 155 cm³/mol. The summed E-state index contributed by atoms with van der Waals surface area (Å²) in [6, 6.07) is 27.6. The molecule has 1 aliphatic rings. The fourth-order valence-electron chi connectivity index (χ4n) is 4.16. The standard InChI is InChI=1S/C32H25ClN2O6/c1-39-29-18-22(11-16-28(29)41-19-21-7-3-2-4-8-21)17-26-30(36)34-32(38)35(31(26)37)24-12-14-25(15-13-24)40-20-23-9-5-6-10-27(23)33/h2-18H,19-20H2,1H3,(H,34,36,38)/b26-17+. The number of halogens is 1. The van der Waals surface area contributed by atoms with E-state index >= 15 is 0 Å². The zero-order valence-electron chi connectivity index (χ0n) is 22.0. The maximum Gasteiger partial charge on any atom is 0.335 e. The number of imide groups is 2. The van der Waals surface area contributed by atoms with E-state index in [0.717, 1.165) is 16.0 Å². The number of methoxy groups -OCH3 is 1. The summed E-state index contributed by atoms with van der Waals surface area (Å²) in [4.78, 5) is 39.5. The van der Waals surface area contributed by atoms with Crippen LogP contribution >= 0.6 is 11.6 Å².